The van der Waals surface area contributed by atoms with E-state index in [-0.39, 0.29) is 22.6 Å². The molecule has 33 heavy (non-hydrogen) atoms. The number of benzene rings is 3. The predicted octanol–water partition coefficient (Wildman–Crippen LogP) is 5.56. The van der Waals surface area contributed by atoms with Gasteiger partial charge in [0.15, 0.2) is 0 Å². The fourth-order valence-corrected chi connectivity index (χ4v) is 3.81. The van der Waals surface area contributed by atoms with E-state index in [0.717, 1.165) is 11.1 Å². The van der Waals surface area contributed by atoms with Crippen molar-refractivity contribution in [1.82, 2.24) is 0 Å². The zero-order valence-corrected chi connectivity index (χ0v) is 18.6. The lowest BCUT2D eigenvalue weighted by molar-refractivity contribution is 0.0729. The first-order valence-electron chi connectivity index (χ1n) is 10.5. The molecule has 0 amide bonds. The zero-order chi connectivity index (χ0) is 23.8. The minimum absolute atomic E-state index is 0.00392. The third kappa shape index (κ3) is 4.31. The first-order valence-corrected chi connectivity index (χ1v) is 10.5. The molecule has 3 aromatic carbocycles. The van der Waals surface area contributed by atoms with E-state index in [4.69, 9.17) is 15.2 Å². The van der Waals surface area contributed by atoms with Gasteiger partial charge in [0.1, 0.15) is 29.0 Å². The minimum atomic E-state index is -0.820. The van der Waals surface area contributed by atoms with Crippen molar-refractivity contribution in [3.05, 3.63) is 106 Å². The number of carbonyl (C=O) groups is 1. The largest absolute Gasteiger partial charge is 0.440 e. The van der Waals surface area contributed by atoms with Gasteiger partial charge < -0.3 is 15.2 Å². The third-order valence-corrected chi connectivity index (χ3v) is 5.60. The Balaban J connectivity index is 1.69. The van der Waals surface area contributed by atoms with Crippen LogP contribution in [0.5, 0.6) is 11.5 Å². The Hall–Kier alpha value is -4.11. The number of nitriles is 1. The lowest BCUT2D eigenvalue weighted by Crippen LogP contribution is -2.21. The average Bonchev–Trinajstić information content (AvgIpc) is 2.77. The molecule has 2 N–H and O–H groups in total. The van der Waals surface area contributed by atoms with Gasteiger partial charge in [-0.3, -0.25) is 0 Å². The summed E-state index contributed by atoms with van der Waals surface area (Å²) in [5.41, 5.74) is 8.99. The number of nitrogens with two attached hydrogens (primary N) is 1. The van der Waals surface area contributed by atoms with Crippen LogP contribution in [0.3, 0.4) is 0 Å². The first-order chi connectivity index (χ1) is 15.7. The molecule has 1 atom stereocenters. The molecular weight excluding hydrogens is 419 g/mol. The van der Waals surface area contributed by atoms with Crippen LogP contribution in [0.4, 0.5) is 4.39 Å². The monoisotopic (exact) mass is 442 g/mol. The third-order valence-electron chi connectivity index (χ3n) is 5.60. The van der Waals surface area contributed by atoms with Gasteiger partial charge in [0.05, 0.1) is 11.5 Å². The van der Waals surface area contributed by atoms with E-state index >= 15 is 0 Å². The minimum Gasteiger partial charge on any atom is -0.440 e. The van der Waals surface area contributed by atoms with Crippen LogP contribution in [0.25, 0.3) is 0 Å². The maximum absolute atomic E-state index is 13.9. The summed E-state index contributed by atoms with van der Waals surface area (Å²) < 4.78 is 24.9. The topological polar surface area (TPSA) is 85.3 Å². The summed E-state index contributed by atoms with van der Waals surface area (Å²) in [6.07, 6.45) is 0. The Kier molecular flexibility index (Phi) is 5.65. The molecule has 0 aromatic heterocycles. The van der Waals surface area contributed by atoms with Gasteiger partial charge in [-0.15, -0.1) is 0 Å². The number of fused-ring (bicyclic) bond motifs is 1. The van der Waals surface area contributed by atoms with Crippen molar-refractivity contribution >= 4 is 5.97 Å². The van der Waals surface area contributed by atoms with E-state index in [1.54, 1.807) is 18.2 Å². The summed E-state index contributed by atoms with van der Waals surface area (Å²) >= 11 is 0. The SMILES string of the molecule is CC(C)(C)c1ccc(C2C(C#N)=C(N)Oc3cc(OC(=O)c4ccccc4F)ccc32)cc1. The lowest BCUT2D eigenvalue weighted by atomic mass is 9.81. The summed E-state index contributed by atoms with van der Waals surface area (Å²) in [5.74, 6) is -1.37. The lowest BCUT2D eigenvalue weighted by Gasteiger charge is -2.27. The molecule has 6 heteroatoms. The van der Waals surface area contributed by atoms with Crippen molar-refractivity contribution in [2.45, 2.75) is 32.1 Å². The maximum atomic E-state index is 13.9. The Morgan fingerprint density at radius 1 is 1.09 bits per heavy atom. The van der Waals surface area contributed by atoms with Crippen LogP contribution in [-0.2, 0) is 5.41 Å². The van der Waals surface area contributed by atoms with Crippen molar-refractivity contribution in [3.63, 3.8) is 0 Å². The fraction of sp³-hybridized carbons (Fsp3) is 0.185. The second kappa shape index (κ2) is 8.44. The number of esters is 1. The van der Waals surface area contributed by atoms with Crippen molar-refractivity contribution in [1.29, 1.82) is 5.26 Å². The van der Waals surface area contributed by atoms with Crippen molar-refractivity contribution < 1.29 is 18.7 Å². The van der Waals surface area contributed by atoms with Crippen LogP contribution in [0.1, 0.15) is 53.7 Å². The smallest absolute Gasteiger partial charge is 0.346 e. The molecule has 1 aliphatic heterocycles. The molecular formula is C27H23FN2O3. The molecule has 0 saturated carbocycles. The molecule has 0 radical (unpaired) electrons. The Morgan fingerprint density at radius 2 is 1.79 bits per heavy atom. The highest BCUT2D eigenvalue weighted by Crippen LogP contribution is 2.43. The Bertz CT molecular complexity index is 1300. The Labute approximate surface area is 191 Å². The molecule has 3 aromatic rings. The van der Waals surface area contributed by atoms with Gasteiger partial charge >= 0.3 is 5.97 Å². The molecule has 4 rings (SSSR count). The van der Waals surface area contributed by atoms with Gasteiger partial charge in [0.2, 0.25) is 5.88 Å². The van der Waals surface area contributed by atoms with Gasteiger partial charge in [0.25, 0.3) is 0 Å². The molecule has 1 unspecified atom stereocenters. The van der Waals surface area contributed by atoms with E-state index in [1.165, 1.54) is 29.8 Å². The van der Waals surface area contributed by atoms with Gasteiger partial charge in [-0.25, -0.2) is 9.18 Å². The molecule has 0 spiro atoms. The van der Waals surface area contributed by atoms with Crippen LogP contribution in [0.15, 0.2) is 78.2 Å². The van der Waals surface area contributed by atoms with Crippen LogP contribution in [-0.4, -0.2) is 5.97 Å². The number of hydrogen-bond acceptors (Lipinski definition) is 5. The molecule has 166 valence electrons. The van der Waals surface area contributed by atoms with Crippen LogP contribution in [0.2, 0.25) is 0 Å². The summed E-state index contributed by atoms with van der Waals surface area (Å²) in [6, 6.07) is 20.6. The summed E-state index contributed by atoms with van der Waals surface area (Å²) in [6.45, 7) is 6.40. The quantitative estimate of drug-likeness (QED) is 0.424. The number of rotatable bonds is 3. The van der Waals surface area contributed by atoms with E-state index in [9.17, 15) is 14.4 Å². The van der Waals surface area contributed by atoms with Crippen molar-refractivity contribution in [3.8, 4) is 17.6 Å². The van der Waals surface area contributed by atoms with E-state index < -0.39 is 17.7 Å². The molecule has 1 aliphatic rings. The first kappa shape index (κ1) is 22.1. The van der Waals surface area contributed by atoms with Gasteiger partial charge in [-0.1, -0.05) is 63.2 Å². The molecule has 0 bridgehead atoms. The van der Waals surface area contributed by atoms with Crippen molar-refractivity contribution in [2.24, 2.45) is 5.73 Å². The maximum Gasteiger partial charge on any atom is 0.346 e. The fourth-order valence-electron chi connectivity index (χ4n) is 3.81. The summed E-state index contributed by atoms with van der Waals surface area (Å²) in [5, 5.41) is 9.76. The summed E-state index contributed by atoms with van der Waals surface area (Å²) in [4.78, 5) is 12.4. The number of carbonyl (C=O) groups excluding carboxylic acids is 1. The molecule has 1 heterocycles. The normalized spacial score (nSPS) is 15.3. The van der Waals surface area contributed by atoms with Crippen LogP contribution < -0.4 is 15.2 Å². The van der Waals surface area contributed by atoms with Crippen LogP contribution in [0, 0.1) is 17.1 Å². The standard InChI is InChI=1S/C27H23FN2O3/c1-27(2,3)17-10-8-16(9-11-17)24-20-13-12-18(14-23(20)33-25(30)21(24)15-29)32-26(31)19-6-4-5-7-22(19)28/h4-14,24H,30H2,1-3H3. The molecule has 0 saturated heterocycles. The second-order valence-electron chi connectivity index (χ2n) is 8.87. The highest BCUT2D eigenvalue weighted by molar-refractivity contribution is 5.91. The number of ether oxygens (including phenoxy) is 2. The highest BCUT2D eigenvalue weighted by Gasteiger charge is 2.31. The highest BCUT2D eigenvalue weighted by atomic mass is 19.1. The van der Waals surface area contributed by atoms with E-state index in [1.807, 2.05) is 24.3 Å². The average molecular weight is 442 g/mol. The number of halogens is 1. The van der Waals surface area contributed by atoms with Crippen LogP contribution >= 0.6 is 0 Å². The number of allylic oxidation sites excluding steroid dienone is 1. The van der Waals surface area contributed by atoms with Gasteiger partial charge in [-0.2, -0.15) is 5.26 Å². The Morgan fingerprint density at radius 3 is 2.42 bits per heavy atom. The predicted molar refractivity (Wildman–Crippen MR) is 122 cm³/mol. The zero-order valence-electron chi connectivity index (χ0n) is 18.6. The molecule has 5 nitrogen and oxygen atoms in total. The number of nitrogens with zero attached hydrogens (tertiary/aromatic N) is 1. The van der Waals surface area contributed by atoms with Gasteiger partial charge in [-0.05, 0) is 34.7 Å². The van der Waals surface area contributed by atoms with Crippen molar-refractivity contribution in [2.75, 3.05) is 0 Å². The van der Waals surface area contributed by atoms with Gasteiger partial charge in [0, 0.05) is 11.6 Å². The molecule has 0 fully saturated rings. The second-order valence-corrected chi connectivity index (χ2v) is 8.87. The molecule has 0 aliphatic carbocycles. The number of hydrogen-bond donors (Lipinski definition) is 1. The van der Waals surface area contributed by atoms with E-state index in [0.29, 0.717) is 11.3 Å². The summed E-state index contributed by atoms with van der Waals surface area (Å²) in [7, 11) is 0. The van der Waals surface area contributed by atoms with E-state index in [2.05, 4.69) is 26.8 Å².